The molecule has 11 heteroatoms. The minimum Gasteiger partial charge on any atom is -0.497 e. The standard InChI is InChI=1S/C27H30N6O3S2/c1-36-21-13-11-19(12-14-21)26-29-31-33(30-26)18-24(34)32(17-22-9-5-15-37-22)25(23-10-6-16-38-23)27(35)28-20-7-3-2-4-8-20/h5-6,9-16,20,25H,2-4,7-8,17-18H2,1H3,(H,28,35). The predicted octanol–water partition coefficient (Wildman–Crippen LogP) is 4.69. The van der Waals surface area contributed by atoms with Crippen LogP contribution in [0.5, 0.6) is 5.75 Å². The highest BCUT2D eigenvalue weighted by Gasteiger charge is 2.34. The summed E-state index contributed by atoms with van der Waals surface area (Å²) in [4.78, 5) is 32.3. The summed E-state index contributed by atoms with van der Waals surface area (Å²) in [5, 5.41) is 19.8. The van der Waals surface area contributed by atoms with E-state index in [0.717, 1.165) is 46.8 Å². The van der Waals surface area contributed by atoms with Crippen LogP contribution in [0.25, 0.3) is 11.4 Å². The Morgan fingerprint density at radius 1 is 1.08 bits per heavy atom. The van der Waals surface area contributed by atoms with Crippen molar-refractivity contribution in [3.63, 3.8) is 0 Å². The zero-order chi connectivity index (χ0) is 26.3. The van der Waals surface area contributed by atoms with Crippen molar-refractivity contribution < 1.29 is 14.3 Å². The number of ether oxygens (including phenoxy) is 1. The highest BCUT2D eigenvalue weighted by Crippen LogP contribution is 2.30. The molecule has 1 aliphatic carbocycles. The number of hydrogen-bond acceptors (Lipinski definition) is 8. The Bertz CT molecular complexity index is 1320. The Balaban J connectivity index is 1.39. The molecule has 1 fully saturated rings. The van der Waals surface area contributed by atoms with Gasteiger partial charge in [-0.3, -0.25) is 9.59 Å². The lowest BCUT2D eigenvalue weighted by molar-refractivity contribution is -0.142. The summed E-state index contributed by atoms with van der Waals surface area (Å²) in [6.45, 7) is 0.185. The van der Waals surface area contributed by atoms with E-state index in [-0.39, 0.29) is 24.4 Å². The van der Waals surface area contributed by atoms with Gasteiger partial charge in [-0.2, -0.15) is 4.80 Å². The number of carbonyl (C=O) groups excluding carboxylic acids is 2. The highest BCUT2D eigenvalue weighted by atomic mass is 32.1. The summed E-state index contributed by atoms with van der Waals surface area (Å²) in [6, 6.07) is 14.5. The molecule has 3 heterocycles. The molecule has 1 N–H and O–H groups in total. The van der Waals surface area contributed by atoms with Gasteiger partial charge in [0.2, 0.25) is 17.6 Å². The molecule has 2 amide bonds. The van der Waals surface area contributed by atoms with Crippen molar-refractivity contribution in [2.75, 3.05) is 7.11 Å². The van der Waals surface area contributed by atoms with Gasteiger partial charge < -0.3 is 15.0 Å². The van der Waals surface area contributed by atoms with Gasteiger partial charge in [0.25, 0.3) is 0 Å². The third-order valence-electron chi connectivity index (χ3n) is 6.63. The van der Waals surface area contributed by atoms with E-state index in [0.29, 0.717) is 12.4 Å². The number of aromatic nitrogens is 4. The minimum atomic E-state index is -0.740. The Hall–Kier alpha value is -3.57. The van der Waals surface area contributed by atoms with Crippen molar-refractivity contribution in [2.24, 2.45) is 0 Å². The van der Waals surface area contributed by atoms with E-state index in [1.165, 1.54) is 22.6 Å². The predicted molar refractivity (Wildman–Crippen MR) is 147 cm³/mol. The molecule has 0 bridgehead atoms. The SMILES string of the molecule is COc1ccc(-c2nnn(CC(=O)N(Cc3cccs3)C(C(=O)NC3CCCCC3)c3cccs3)n2)cc1. The molecule has 3 aromatic heterocycles. The summed E-state index contributed by atoms with van der Waals surface area (Å²) in [5.41, 5.74) is 0.767. The van der Waals surface area contributed by atoms with E-state index in [1.807, 2.05) is 59.3 Å². The van der Waals surface area contributed by atoms with Crippen molar-refractivity contribution in [1.82, 2.24) is 30.4 Å². The van der Waals surface area contributed by atoms with Gasteiger partial charge in [-0.15, -0.1) is 32.9 Å². The number of benzene rings is 1. The molecule has 1 aromatic carbocycles. The number of carbonyl (C=O) groups is 2. The van der Waals surface area contributed by atoms with Crippen LogP contribution < -0.4 is 10.1 Å². The molecule has 198 valence electrons. The number of rotatable bonds is 10. The number of thiophene rings is 2. The average molecular weight is 551 g/mol. The van der Waals surface area contributed by atoms with Crippen LogP contribution >= 0.6 is 22.7 Å². The Kier molecular flexibility index (Phi) is 8.44. The van der Waals surface area contributed by atoms with Gasteiger partial charge in [0, 0.05) is 21.4 Å². The first-order valence-electron chi connectivity index (χ1n) is 12.7. The topological polar surface area (TPSA) is 102 Å². The van der Waals surface area contributed by atoms with Crippen LogP contribution in [0.1, 0.15) is 47.9 Å². The van der Waals surface area contributed by atoms with E-state index >= 15 is 0 Å². The lowest BCUT2D eigenvalue weighted by atomic mass is 9.95. The van der Waals surface area contributed by atoms with E-state index in [4.69, 9.17) is 4.74 Å². The van der Waals surface area contributed by atoms with E-state index < -0.39 is 6.04 Å². The number of methoxy groups -OCH3 is 1. The lowest BCUT2D eigenvalue weighted by Crippen LogP contribution is -2.47. The molecule has 0 spiro atoms. The zero-order valence-electron chi connectivity index (χ0n) is 21.2. The van der Waals surface area contributed by atoms with Crippen molar-refractivity contribution in [3.8, 4) is 17.1 Å². The molecule has 1 aliphatic rings. The summed E-state index contributed by atoms with van der Waals surface area (Å²) in [6.07, 6.45) is 5.37. The maximum atomic E-state index is 13.8. The van der Waals surface area contributed by atoms with Crippen LogP contribution in [-0.2, 0) is 22.7 Å². The molecular weight excluding hydrogens is 520 g/mol. The van der Waals surface area contributed by atoms with Gasteiger partial charge in [-0.25, -0.2) is 0 Å². The van der Waals surface area contributed by atoms with Gasteiger partial charge in [-0.1, -0.05) is 31.4 Å². The fourth-order valence-corrected chi connectivity index (χ4v) is 6.21. The first kappa shape index (κ1) is 26.1. The molecule has 1 saturated carbocycles. The number of nitrogens with zero attached hydrogens (tertiary/aromatic N) is 5. The number of hydrogen-bond donors (Lipinski definition) is 1. The van der Waals surface area contributed by atoms with Crippen LogP contribution in [0.4, 0.5) is 0 Å². The first-order valence-corrected chi connectivity index (χ1v) is 14.4. The maximum absolute atomic E-state index is 13.8. The quantitative estimate of drug-likeness (QED) is 0.307. The lowest BCUT2D eigenvalue weighted by Gasteiger charge is -2.32. The molecule has 4 aromatic rings. The molecule has 5 rings (SSSR count). The van der Waals surface area contributed by atoms with Crippen molar-refractivity contribution >= 4 is 34.5 Å². The minimum absolute atomic E-state index is 0.132. The molecular formula is C27H30N6O3S2. The van der Waals surface area contributed by atoms with Crippen LogP contribution in [0.3, 0.4) is 0 Å². The van der Waals surface area contributed by atoms with Crippen LogP contribution in [0.15, 0.2) is 59.3 Å². The van der Waals surface area contributed by atoms with Gasteiger partial charge in [0.1, 0.15) is 18.3 Å². The zero-order valence-corrected chi connectivity index (χ0v) is 22.8. The van der Waals surface area contributed by atoms with E-state index in [1.54, 1.807) is 23.3 Å². The Morgan fingerprint density at radius 2 is 1.84 bits per heavy atom. The molecule has 1 atom stereocenters. The third kappa shape index (κ3) is 6.28. The second kappa shape index (κ2) is 12.3. The highest BCUT2D eigenvalue weighted by molar-refractivity contribution is 7.10. The molecule has 0 radical (unpaired) electrons. The van der Waals surface area contributed by atoms with Crippen molar-refractivity contribution in [3.05, 3.63) is 69.0 Å². The molecule has 1 unspecified atom stereocenters. The smallest absolute Gasteiger partial charge is 0.248 e. The second-order valence-electron chi connectivity index (χ2n) is 9.23. The fourth-order valence-electron chi connectivity index (χ4n) is 4.67. The van der Waals surface area contributed by atoms with E-state index in [2.05, 4.69) is 20.7 Å². The summed E-state index contributed by atoms with van der Waals surface area (Å²) >= 11 is 3.04. The Morgan fingerprint density at radius 3 is 2.53 bits per heavy atom. The average Bonchev–Trinajstić information content (AvgIpc) is 3.73. The summed E-state index contributed by atoms with van der Waals surface area (Å²) < 4.78 is 5.21. The maximum Gasteiger partial charge on any atom is 0.248 e. The largest absolute Gasteiger partial charge is 0.497 e. The molecule has 38 heavy (non-hydrogen) atoms. The van der Waals surface area contributed by atoms with Crippen molar-refractivity contribution in [1.29, 1.82) is 0 Å². The third-order valence-corrected chi connectivity index (χ3v) is 8.41. The Labute approximate surface area is 229 Å². The summed E-state index contributed by atoms with van der Waals surface area (Å²) in [7, 11) is 1.61. The normalized spacial score (nSPS) is 14.7. The number of amides is 2. The number of nitrogens with one attached hydrogen (secondary N) is 1. The fraction of sp³-hybridized carbons (Fsp3) is 0.370. The summed E-state index contributed by atoms with van der Waals surface area (Å²) in [5.74, 6) is 0.741. The van der Waals surface area contributed by atoms with Gasteiger partial charge in [0.05, 0.1) is 13.7 Å². The monoisotopic (exact) mass is 550 g/mol. The van der Waals surface area contributed by atoms with Crippen LogP contribution in [-0.4, -0.2) is 50.1 Å². The van der Waals surface area contributed by atoms with E-state index in [9.17, 15) is 9.59 Å². The first-order chi connectivity index (χ1) is 18.6. The van der Waals surface area contributed by atoms with Gasteiger partial charge in [0.15, 0.2) is 0 Å². The number of tetrazole rings is 1. The van der Waals surface area contributed by atoms with Crippen LogP contribution in [0.2, 0.25) is 0 Å². The molecule has 9 nitrogen and oxygen atoms in total. The molecule has 0 saturated heterocycles. The van der Waals surface area contributed by atoms with Gasteiger partial charge in [-0.05, 0) is 65.2 Å². The van der Waals surface area contributed by atoms with Gasteiger partial charge >= 0.3 is 0 Å². The van der Waals surface area contributed by atoms with Crippen LogP contribution in [0, 0.1) is 0 Å². The van der Waals surface area contributed by atoms with Crippen molar-refractivity contribution in [2.45, 2.75) is 57.3 Å². The second-order valence-corrected chi connectivity index (χ2v) is 11.2. The molecule has 0 aliphatic heterocycles.